The van der Waals surface area contributed by atoms with E-state index < -0.39 is 24.0 Å². The van der Waals surface area contributed by atoms with Gasteiger partial charge in [-0.1, -0.05) is 0 Å². The van der Waals surface area contributed by atoms with Gasteiger partial charge in [-0.15, -0.1) is 13.2 Å². The van der Waals surface area contributed by atoms with E-state index in [0.29, 0.717) is 24.2 Å². The van der Waals surface area contributed by atoms with Crippen molar-refractivity contribution in [2.45, 2.75) is 32.2 Å². The number of alkyl halides is 3. The highest BCUT2D eigenvalue weighted by Crippen LogP contribution is 2.37. The van der Waals surface area contributed by atoms with Crippen LogP contribution in [0, 0.1) is 12.7 Å². The number of hydrogen-bond donors (Lipinski definition) is 3. The van der Waals surface area contributed by atoms with E-state index >= 15 is 0 Å². The van der Waals surface area contributed by atoms with Gasteiger partial charge in [0.25, 0.3) is 0 Å². The minimum absolute atomic E-state index is 0.0126. The number of carbonyl (C=O) groups excluding carboxylic acids is 1. The lowest BCUT2D eigenvalue weighted by molar-refractivity contribution is -0.275. The zero-order valence-corrected chi connectivity index (χ0v) is 22.1. The van der Waals surface area contributed by atoms with Crippen molar-refractivity contribution in [1.82, 2.24) is 14.9 Å². The Morgan fingerprint density at radius 2 is 1.83 bits per heavy atom. The molecule has 0 aliphatic carbocycles. The van der Waals surface area contributed by atoms with Crippen molar-refractivity contribution in [2.75, 3.05) is 30.8 Å². The van der Waals surface area contributed by atoms with Crippen LogP contribution in [0.4, 0.5) is 33.7 Å². The molecular weight excluding hydrogens is 546 g/mol. The molecule has 1 fully saturated rings. The normalized spacial score (nSPS) is 14.6. The largest absolute Gasteiger partial charge is 0.573 e. The lowest BCUT2D eigenvalue weighted by Crippen LogP contribution is -2.35. The number of carbonyl (C=O) groups is 1. The maximum Gasteiger partial charge on any atom is 0.573 e. The maximum atomic E-state index is 14.8. The third kappa shape index (κ3) is 6.98. The SMILES string of the molecule is Cc1c[nH]c2nccc(Oc3ccc(NC(=O)Nc4ccc(OC5CCN(C)CC5)c(OC(F)(F)F)c4)c(F)c3)c12. The predicted molar refractivity (Wildman–Crippen MR) is 144 cm³/mol. The Kier molecular flexibility index (Phi) is 7.88. The molecule has 1 saturated heterocycles. The van der Waals surface area contributed by atoms with Crippen molar-refractivity contribution in [1.29, 1.82) is 0 Å². The van der Waals surface area contributed by atoms with Crippen LogP contribution in [0.1, 0.15) is 18.4 Å². The molecule has 2 aromatic heterocycles. The van der Waals surface area contributed by atoms with E-state index in [-0.39, 0.29) is 29.0 Å². The Bertz CT molecular complexity index is 1550. The lowest BCUT2D eigenvalue weighted by atomic mass is 10.1. The molecule has 1 aliphatic heterocycles. The van der Waals surface area contributed by atoms with E-state index in [2.05, 4.69) is 30.2 Å². The topological polar surface area (TPSA) is 101 Å². The number of halogens is 4. The van der Waals surface area contributed by atoms with Crippen LogP contribution < -0.4 is 24.8 Å². The number of aromatic nitrogens is 2. The number of anilines is 2. The first kappa shape index (κ1) is 28.0. The van der Waals surface area contributed by atoms with E-state index in [4.69, 9.17) is 9.47 Å². The molecule has 0 unspecified atom stereocenters. The summed E-state index contributed by atoms with van der Waals surface area (Å²) in [6.45, 7) is 3.39. The summed E-state index contributed by atoms with van der Waals surface area (Å²) in [5.41, 5.74) is 1.35. The monoisotopic (exact) mass is 573 g/mol. The van der Waals surface area contributed by atoms with Gasteiger partial charge in [-0.3, -0.25) is 0 Å². The van der Waals surface area contributed by atoms with E-state index in [1.807, 2.05) is 14.0 Å². The molecule has 216 valence electrons. The zero-order valence-electron chi connectivity index (χ0n) is 22.1. The number of rotatable bonds is 7. The second-order valence-corrected chi connectivity index (χ2v) is 9.66. The number of piperidine rings is 1. The van der Waals surface area contributed by atoms with Crippen LogP contribution in [-0.2, 0) is 0 Å². The standard InChI is InChI=1S/C28H27F4N5O4/c1-16-15-34-26-25(16)23(7-10-33-26)40-19-4-5-21(20(29)14-19)36-27(38)35-17-3-6-22(24(13-17)41-28(30,31)32)39-18-8-11-37(2)12-9-18/h3-7,10,13-15,18H,8-9,11-12H2,1-2H3,(H,33,34)(H2,35,36,38). The van der Waals surface area contributed by atoms with E-state index in [9.17, 15) is 22.4 Å². The van der Waals surface area contributed by atoms with Gasteiger partial charge in [0.1, 0.15) is 29.1 Å². The first-order chi connectivity index (χ1) is 19.5. The Hall–Kier alpha value is -4.52. The van der Waals surface area contributed by atoms with Gasteiger partial charge in [0.15, 0.2) is 11.5 Å². The van der Waals surface area contributed by atoms with Crippen molar-refractivity contribution < 1.29 is 36.6 Å². The number of fused-ring (bicyclic) bond motifs is 1. The van der Waals surface area contributed by atoms with Gasteiger partial charge in [0.2, 0.25) is 0 Å². The summed E-state index contributed by atoms with van der Waals surface area (Å²) < 4.78 is 69.9. The Balaban J connectivity index is 1.26. The molecule has 3 heterocycles. The molecule has 41 heavy (non-hydrogen) atoms. The van der Waals surface area contributed by atoms with Gasteiger partial charge in [-0.2, -0.15) is 0 Å². The number of amides is 2. The fourth-order valence-corrected chi connectivity index (χ4v) is 4.51. The third-order valence-electron chi connectivity index (χ3n) is 6.54. The highest BCUT2D eigenvalue weighted by atomic mass is 19.4. The van der Waals surface area contributed by atoms with Crippen LogP contribution in [0.5, 0.6) is 23.0 Å². The minimum atomic E-state index is -4.97. The summed E-state index contributed by atoms with van der Waals surface area (Å²) in [5, 5.41) is 5.49. The van der Waals surface area contributed by atoms with Crippen molar-refractivity contribution in [3.05, 3.63) is 66.2 Å². The maximum absolute atomic E-state index is 14.8. The van der Waals surface area contributed by atoms with Crippen molar-refractivity contribution in [3.8, 4) is 23.0 Å². The van der Waals surface area contributed by atoms with Gasteiger partial charge in [-0.25, -0.2) is 14.2 Å². The second-order valence-electron chi connectivity index (χ2n) is 9.66. The molecule has 5 rings (SSSR count). The fraction of sp³-hybridized carbons (Fsp3) is 0.286. The molecular formula is C28H27F4N5O4. The van der Waals surface area contributed by atoms with Crippen molar-refractivity contribution in [3.63, 3.8) is 0 Å². The molecule has 0 saturated carbocycles. The van der Waals surface area contributed by atoms with E-state index in [1.54, 1.807) is 18.5 Å². The minimum Gasteiger partial charge on any atom is -0.486 e. The Morgan fingerprint density at radius 3 is 2.56 bits per heavy atom. The summed E-state index contributed by atoms with van der Waals surface area (Å²) in [4.78, 5) is 21.9. The van der Waals surface area contributed by atoms with Crippen LogP contribution in [0.25, 0.3) is 11.0 Å². The highest BCUT2D eigenvalue weighted by Gasteiger charge is 2.33. The molecule has 4 aromatic rings. The van der Waals surface area contributed by atoms with Crippen LogP contribution in [0.15, 0.2) is 54.9 Å². The number of ether oxygens (including phenoxy) is 3. The quantitative estimate of drug-likeness (QED) is 0.210. The molecule has 3 N–H and O–H groups in total. The lowest BCUT2D eigenvalue weighted by Gasteiger charge is -2.30. The molecule has 0 atom stereocenters. The zero-order chi connectivity index (χ0) is 29.1. The van der Waals surface area contributed by atoms with E-state index in [0.717, 1.165) is 36.2 Å². The second kappa shape index (κ2) is 11.5. The number of benzene rings is 2. The number of H-pyrrole nitrogens is 1. The molecule has 0 bridgehead atoms. The molecule has 9 nitrogen and oxygen atoms in total. The van der Waals surface area contributed by atoms with Gasteiger partial charge in [0.05, 0.1) is 11.1 Å². The average Bonchev–Trinajstić information content (AvgIpc) is 3.29. The molecule has 2 amide bonds. The number of likely N-dealkylation sites (tertiary alicyclic amines) is 1. The first-order valence-electron chi connectivity index (χ1n) is 12.8. The first-order valence-corrected chi connectivity index (χ1v) is 12.8. The fourth-order valence-electron chi connectivity index (χ4n) is 4.51. The molecule has 13 heteroatoms. The molecule has 0 radical (unpaired) electrons. The summed E-state index contributed by atoms with van der Waals surface area (Å²) >= 11 is 0. The summed E-state index contributed by atoms with van der Waals surface area (Å²) in [6.07, 6.45) is -0.596. The van der Waals surface area contributed by atoms with E-state index in [1.165, 1.54) is 24.3 Å². The smallest absolute Gasteiger partial charge is 0.486 e. The predicted octanol–water partition coefficient (Wildman–Crippen LogP) is 6.82. The van der Waals surface area contributed by atoms with Crippen LogP contribution in [0.2, 0.25) is 0 Å². The summed E-state index contributed by atoms with van der Waals surface area (Å²) in [7, 11) is 1.96. The average molecular weight is 574 g/mol. The molecule has 1 aliphatic rings. The Morgan fingerprint density at radius 1 is 1.05 bits per heavy atom. The summed E-state index contributed by atoms with van der Waals surface area (Å²) in [6, 6.07) is 8.33. The number of aromatic amines is 1. The number of hydrogen-bond acceptors (Lipinski definition) is 6. The number of nitrogens with zero attached hydrogens (tertiary/aromatic N) is 2. The number of nitrogens with one attached hydrogen (secondary N) is 3. The third-order valence-corrected chi connectivity index (χ3v) is 6.54. The Labute approximate surface area is 232 Å². The molecule has 2 aromatic carbocycles. The van der Waals surface area contributed by atoms with Crippen LogP contribution >= 0.6 is 0 Å². The summed E-state index contributed by atoms with van der Waals surface area (Å²) in [5.74, 6) is -0.797. The van der Waals surface area contributed by atoms with Crippen molar-refractivity contribution >= 4 is 28.4 Å². The number of urea groups is 1. The van der Waals surface area contributed by atoms with Crippen molar-refractivity contribution in [2.24, 2.45) is 0 Å². The highest BCUT2D eigenvalue weighted by molar-refractivity contribution is 6.00. The van der Waals surface area contributed by atoms with Gasteiger partial charge >= 0.3 is 12.4 Å². The van der Waals surface area contributed by atoms with Gasteiger partial charge < -0.3 is 34.7 Å². The van der Waals surface area contributed by atoms with Crippen LogP contribution in [-0.4, -0.2) is 53.5 Å². The number of pyridine rings is 1. The van der Waals surface area contributed by atoms with Gasteiger partial charge in [0, 0.05) is 43.3 Å². The van der Waals surface area contributed by atoms with Crippen LogP contribution in [0.3, 0.4) is 0 Å². The number of aryl methyl sites for hydroxylation is 1. The molecule has 0 spiro atoms. The van der Waals surface area contributed by atoms with Gasteiger partial charge in [-0.05, 0) is 62.7 Å².